The minimum absolute atomic E-state index is 0.0661. The van der Waals surface area contributed by atoms with Crippen molar-refractivity contribution in [2.45, 2.75) is 57.5 Å². The van der Waals surface area contributed by atoms with Gasteiger partial charge in [-0.3, -0.25) is 4.90 Å². The highest BCUT2D eigenvalue weighted by Gasteiger charge is 2.52. The molecule has 1 amide bonds. The monoisotopic (exact) mass is 313 g/mol. The molecule has 2 heterocycles. The van der Waals surface area contributed by atoms with Gasteiger partial charge in [0.1, 0.15) is 11.6 Å². The van der Waals surface area contributed by atoms with E-state index in [0.717, 1.165) is 13.0 Å². The SMILES string of the molecule is CC(C)(C)OC(=O)N1C[C@@H]2C[C@H]1C(C#N)N2Cc1ccccc1. The van der Waals surface area contributed by atoms with Crippen LogP contribution in [-0.2, 0) is 11.3 Å². The average molecular weight is 313 g/mol. The zero-order chi connectivity index (χ0) is 16.6. The lowest BCUT2D eigenvalue weighted by molar-refractivity contribution is 0.00662. The summed E-state index contributed by atoms with van der Waals surface area (Å²) in [6.45, 7) is 6.99. The van der Waals surface area contributed by atoms with Crippen molar-refractivity contribution in [1.29, 1.82) is 5.26 Å². The van der Waals surface area contributed by atoms with Crippen LogP contribution in [0.1, 0.15) is 32.8 Å². The maximum absolute atomic E-state index is 12.4. The standard InChI is InChI=1S/C18H23N3O2/c1-18(2,3)23-17(22)21-12-14-9-15(21)16(10-19)20(14)11-13-7-5-4-6-8-13/h4-8,14-16H,9,11-12H2,1-3H3/t14-,15-,16?/m0/s1. The predicted molar refractivity (Wildman–Crippen MR) is 86.5 cm³/mol. The van der Waals surface area contributed by atoms with Gasteiger partial charge in [-0.15, -0.1) is 0 Å². The summed E-state index contributed by atoms with van der Waals surface area (Å²) in [4.78, 5) is 16.3. The van der Waals surface area contributed by atoms with E-state index in [2.05, 4.69) is 23.1 Å². The molecule has 2 fully saturated rings. The second kappa shape index (κ2) is 5.86. The zero-order valence-corrected chi connectivity index (χ0v) is 13.9. The summed E-state index contributed by atoms with van der Waals surface area (Å²) in [7, 11) is 0. The van der Waals surface area contributed by atoms with Gasteiger partial charge in [-0.25, -0.2) is 4.79 Å². The second-order valence-electron chi connectivity index (χ2n) is 7.32. The molecule has 122 valence electrons. The number of rotatable bonds is 2. The highest BCUT2D eigenvalue weighted by atomic mass is 16.6. The number of piperazine rings is 1. The van der Waals surface area contributed by atoms with Crippen LogP contribution >= 0.6 is 0 Å². The molecule has 0 radical (unpaired) electrons. The van der Waals surface area contributed by atoms with Crippen LogP contribution < -0.4 is 0 Å². The van der Waals surface area contributed by atoms with Gasteiger partial charge in [0.25, 0.3) is 0 Å². The van der Waals surface area contributed by atoms with Gasteiger partial charge in [0, 0.05) is 19.1 Å². The molecule has 5 heteroatoms. The number of nitrogens with zero attached hydrogens (tertiary/aromatic N) is 3. The number of likely N-dealkylation sites (tertiary alicyclic amines) is 2. The minimum atomic E-state index is -0.509. The van der Waals surface area contributed by atoms with E-state index >= 15 is 0 Å². The Hall–Kier alpha value is -2.06. The first-order valence-corrected chi connectivity index (χ1v) is 8.08. The number of nitriles is 1. The summed E-state index contributed by atoms with van der Waals surface area (Å²) in [5, 5.41) is 9.60. The van der Waals surface area contributed by atoms with E-state index in [1.807, 2.05) is 39.0 Å². The molecular formula is C18H23N3O2. The maximum atomic E-state index is 12.4. The molecule has 1 aromatic rings. The van der Waals surface area contributed by atoms with Crippen molar-refractivity contribution < 1.29 is 9.53 Å². The number of benzene rings is 1. The lowest BCUT2D eigenvalue weighted by Gasteiger charge is -2.38. The van der Waals surface area contributed by atoms with Crippen LogP contribution in [-0.4, -0.2) is 46.2 Å². The molecule has 1 aromatic carbocycles. The van der Waals surface area contributed by atoms with E-state index in [1.165, 1.54) is 5.56 Å². The van der Waals surface area contributed by atoms with Crippen LogP contribution in [0.15, 0.2) is 30.3 Å². The number of ether oxygens (including phenoxy) is 1. The fourth-order valence-electron chi connectivity index (χ4n) is 3.54. The summed E-state index contributed by atoms with van der Waals surface area (Å²) in [5.41, 5.74) is 0.689. The molecule has 3 rings (SSSR count). The molecule has 2 aliphatic rings. The average Bonchev–Trinajstić information content (AvgIpc) is 3.04. The van der Waals surface area contributed by atoms with Gasteiger partial charge in [-0.1, -0.05) is 30.3 Å². The van der Waals surface area contributed by atoms with Gasteiger partial charge in [-0.2, -0.15) is 5.26 Å². The fourth-order valence-corrected chi connectivity index (χ4v) is 3.54. The molecule has 0 aliphatic carbocycles. The Morgan fingerprint density at radius 1 is 1.35 bits per heavy atom. The van der Waals surface area contributed by atoms with Crippen molar-refractivity contribution in [2.24, 2.45) is 0 Å². The molecule has 0 spiro atoms. The number of hydrogen-bond donors (Lipinski definition) is 0. The topological polar surface area (TPSA) is 56.6 Å². The van der Waals surface area contributed by atoms with Crippen molar-refractivity contribution >= 4 is 6.09 Å². The Bertz CT molecular complexity index is 617. The predicted octanol–water partition coefficient (Wildman–Crippen LogP) is 2.77. The Morgan fingerprint density at radius 2 is 2.04 bits per heavy atom. The molecule has 5 nitrogen and oxygen atoms in total. The normalized spacial score (nSPS) is 27.0. The van der Waals surface area contributed by atoms with E-state index in [4.69, 9.17) is 4.74 Å². The van der Waals surface area contributed by atoms with Gasteiger partial charge >= 0.3 is 6.09 Å². The van der Waals surface area contributed by atoms with Crippen molar-refractivity contribution in [2.75, 3.05) is 6.54 Å². The zero-order valence-electron chi connectivity index (χ0n) is 13.9. The van der Waals surface area contributed by atoms with Crippen LogP contribution in [0.4, 0.5) is 4.79 Å². The van der Waals surface area contributed by atoms with Crippen LogP contribution in [0.25, 0.3) is 0 Å². The Kier molecular flexibility index (Phi) is 4.03. The number of carbonyl (C=O) groups is 1. The molecule has 1 unspecified atom stereocenters. The maximum Gasteiger partial charge on any atom is 0.410 e. The van der Waals surface area contributed by atoms with Gasteiger partial charge in [0.05, 0.1) is 12.1 Å². The van der Waals surface area contributed by atoms with Crippen LogP contribution in [0.2, 0.25) is 0 Å². The fraction of sp³-hybridized carbons (Fsp3) is 0.556. The first kappa shape index (κ1) is 15.8. The number of amides is 1. The summed E-state index contributed by atoms with van der Waals surface area (Å²) in [6, 6.07) is 12.5. The van der Waals surface area contributed by atoms with E-state index in [1.54, 1.807) is 4.90 Å². The van der Waals surface area contributed by atoms with Gasteiger partial charge in [0.15, 0.2) is 0 Å². The van der Waals surface area contributed by atoms with Gasteiger partial charge < -0.3 is 9.64 Å². The quantitative estimate of drug-likeness (QED) is 0.842. The van der Waals surface area contributed by atoms with Crippen LogP contribution in [0, 0.1) is 11.3 Å². The second-order valence-corrected chi connectivity index (χ2v) is 7.32. The summed E-state index contributed by atoms with van der Waals surface area (Å²) in [5.74, 6) is 0. The molecule has 0 N–H and O–H groups in total. The van der Waals surface area contributed by atoms with E-state index < -0.39 is 5.60 Å². The summed E-state index contributed by atoms with van der Waals surface area (Å²) >= 11 is 0. The third kappa shape index (κ3) is 3.18. The molecule has 0 aromatic heterocycles. The third-order valence-corrected chi connectivity index (χ3v) is 4.48. The lowest BCUT2D eigenvalue weighted by atomic mass is 10.1. The van der Waals surface area contributed by atoms with Crippen LogP contribution in [0.3, 0.4) is 0 Å². The molecule has 3 atom stereocenters. The Morgan fingerprint density at radius 3 is 2.65 bits per heavy atom. The molecule has 2 bridgehead atoms. The minimum Gasteiger partial charge on any atom is -0.444 e. The Labute approximate surface area is 137 Å². The smallest absolute Gasteiger partial charge is 0.410 e. The van der Waals surface area contributed by atoms with Crippen molar-refractivity contribution in [1.82, 2.24) is 9.80 Å². The van der Waals surface area contributed by atoms with E-state index in [9.17, 15) is 10.1 Å². The number of hydrogen-bond acceptors (Lipinski definition) is 4. The van der Waals surface area contributed by atoms with Gasteiger partial charge in [0.2, 0.25) is 0 Å². The Balaban J connectivity index is 1.71. The van der Waals surface area contributed by atoms with Crippen molar-refractivity contribution in [3.63, 3.8) is 0 Å². The van der Waals surface area contributed by atoms with E-state index in [0.29, 0.717) is 6.54 Å². The number of fused-ring (bicyclic) bond motifs is 2. The summed E-state index contributed by atoms with van der Waals surface area (Å²) in [6.07, 6.45) is 0.550. The molecular weight excluding hydrogens is 290 g/mol. The highest BCUT2D eigenvalue weighted by molar-refractivity contribution is 5.69. The third-order valence-electron chi connectivity index (χ3n) is 4.48. The van der Waals surface area contributed by atoms with Crippen molar-refractivity contribution in [3.05, 3.63) is 35.9 Å². The summed E-state index contributed by atoms with van der Waals surface area (Å²) < 4.78 is 5.48. The highest BCUT2D eigenvalue weighted by Crippen LogP contribution is 2.37. The first-order chi connectivity index (χ1) is 10.9. The molecule has 2 aliphatic heterocycles. The van der Waals surface area contributed by atoms with Gasteiger partial charge in [-0.05, 0) is 32.8 Å². The largest absolute Gasteiger partial charge is 0.444 e. The molecule has 23 heavy (non-hydrogen) atoms. The molecule has 0 saturated carbocycles. The lowest BCUT2D eigenvalue weighted by Crippen LogP contribution is -2.54. The number of carbonyl (C=O) groups excluding carboxylic acids is 1. The first-order valence-electron chi connectivity index (χ1n) is 8.08. The molecule has 2 saturated heterocycles. The van der Waals surface area contributed by atoms with Crippen molar-refractivity contribution in [3.8, 4) is 6.07 Å². The van der Waals surface area contributed by atoms with E-state index in [-0.39, 0.29) is 24.2 Å². The van der Waals surface area contributed by atoms with Crippen LogP contribution in [0.5, 0.6) is 0 Å².